The van der Waals surface area contributed by atoms with Crippen molar-refractivity contribution in [3.63, 3.8) is 0 Å². The second-order valence-corrected chi connectivity index (χ2v) is 22.2. The highest BCUT2D eigenvalue weighted by Gasteiger charge is 2.41. The normalized spacial score (nSPS) is 12.6. The van der Waals surface area contributed by atoms with Crippen molar-refractivity contribution in [3.05, 3.63) is 86.5 Å². The quantitative estimate of drug-likeness (QED) is 0.0447. The Labute approximate surface area is 395 Å². The molecule has 3 aromatic carbocycles. The third-order valence-corrected chi connectivity index (χ3v) is 11.9. The van der Waals surface area contributed by atoms with Gasteiger partial charge >= 0.3 is 25.8 Å². The molecule has 0 aliphatic rings. The van der Waals surface area contributed by atoms with Crippen LogP contribution in [-0.2, 0) is 21.7 Å². The van der Waals surface area contributed by atoms with Crippen molar-refractivity contribution in [1.82, 2.24) is 0 Å². The molecule has 0 bridgehead atoms. The van der Waals surface area contributed by atoms with Gasteiger partial charge < -0.3 is 59.4 Å². The van der Waals surface area contributed by atoms with E-state index >= 15 is 0 Å². The monoisotopic (exact) mass is 973 g/mol. The Hall–Kier alpha value is -2.01. The Morgan fingerprint density at radius 1 is 0.415 bits per heavy atom. The van der Waals surface area contributed by atoms with Crippen LogP contribution in [0.5, 0.6) is 17.2 Å². The van der Waals surface area contributed by atoms with E-state index < -0.39 is 25.8 Å². The minimum atomic E-state index is -2.62. The van der Waals surface area contributed by atoms with E-state index in [0.717, 1.165) is 52.6 Å². The average molecular weight is 973 g/mol. The molecule has 0 aliphatic carbocycles. The van der Waals surface area contributed by atoms with Gasteiger partial charge in [-0.25, -0.2) is 0 Å². The first-order valence-electron chi connectivity index (χ1n) is 22.9. The van der Waals surface area contributed by atoms with Crippen molar-refractivity contribution in [1.29, 1.82) is 0 Å². The number of hydrogen-bond donors (Lipinski definition) is 12. The van der Waals surface area contributed by atoms with Crippen LogP contribution in [0.4, 0.5) is 0 Å². The summed E-state index contributed by atoms with van der Waals surface area (Å²) < 4.78 is 0. The van der Waals surface area contributed by atoms with Gasteiger partial charge in [0.1, 0.15) is 17.2 Å². The average Bonchev–Trinajstić information content (AvgIpc) is 3.11. The summed E-state index contributed by atoms with van der Waals surface area (Å²) in [6.45, 7) is 30.8. The molecule has 0 aliphatic heterocycles. The maximum absolute atomic E-state index is 11.4. The predicted molar refractivity (Wildman–Crippen MR) is 270 cm³/mol. The van der Waals surface area contributed by atoms with Gasteiger partial charge in [0, 0.05) is 5.41 Å². The molecule has 1 unspecified atom stereocenters. The van der Waals surface area contributed by atoms with Gasteiger partial charge in [-0.2, -0.15) is 0 Å². The highest BCUT2D eigenvalue weighted by atomic mass is 31.2. The number of unbranched alkanes of at least 4 members (excludes halogenated alkanes) is 10. The van der Waals surface area contributed by atoms with E-state index in [-0.39, 0.29) is 27.6 Å². The maximum Gasteiger partial charge on any atom is 0.324 e. The largest absolute Gasteiger partial charge is 0.508 e. The number of rotatable bonds is 17. The molecule has 1 atom stereocenters. The Bertz CT molecular complexity index is 1740. The fourth-order valence-electron chi connectivity index (χ4n) is 8.92. The van der Waals surface area contributed by atoms with E-state index in [1.807, 2.05) is 18.2 Å². The second kappa shape index (κ2) is 29.1. The van der Waals surface area contributed by atoms with Gasteiger partial charge in [0.05, 0.1) is 0 Å². The molecule has 65 heavy (non-hydrogen) atoms. The summed E-state index contributed by atoms with van der Waals surface area (Å²) in [6.07, 6.45) is 16.1. The lowest BCUT2D eigenvalue weighted by molar-refractivity contribution is 0.366. The molecule has 12 nitrogen and oxygen atoms in total. The molecule has 12 N–H and O–H groups in total. The Morgan fingerprint density at radius 2 is 0.692 bits per heavy atom. The van der Waals surface area contributed by atoms with Gasteiger partial charge in [0.2, 0.25) is 0 Å². The van der Waals surface area contributed by atoms with Gasteiger partial charge in [-0.15, -0.1) is 0 Å². The van der Waals surface area contributed by atoms with E-state index in [1.165, 1.54) is 80.9 Å². The van der Waals surface area contributed by atoms with Gasteiger partial charge in [-0.3, -0.25) is 0 Å². The van der Waals surface area contributed by atoms with E-state index in [9.17, 15) is 15.3 Å². The van der Waals surface area contributed by atoms with Crippen LogP contribution in [0.15, 0.2) is 36.4 Å². The summed E-state index contributed by atoms with van der Waals surface area (Å²) in [5.74, 6) is 1.25. The first kappa shape index (κ1) is 63.0. The number of hydrogen-bond acceptors (Lipinski definition) is 12. The SMILES string of the molecule is CCCCCCCCCCCCCC(CC(C)c1cc(C(C)(C)C)c(O)cc1C)(c1cc(C(C)(C)C)c(O)cc1C)c1cc(C(C)(C)C)c(O)cc1C.OP(O)O.OP(O)O.OP(O)O. The molecule has 0 amide bonds. The van der Waals surface area contributed by atoms with Crippen LogP contribution in [-0.4, -0.2) is 59.4 Å². The van der Waals surface area contributed by atoms with E-state index in [4.69, 9.17) is 44.0 Å². The summed E-state index contributed by atoms with van der Waals surface area (Å²) in [5.41, 5.74) is 9.01. The molecule has 3 aromatic rings. The molecule has 0 saturated heterocycles. The smallest absolute Gasteiger partial charge is 0.324 e. The zero-order chi connectivity index (χ0) is 50.7. The zero-order valence-electron chi connectivity index (χ0n) is 41.9. The van der Waals surface area contributed by atoms with Crippen LogP contribution in [0, 0.1) is 20.8 Å². The predicted octanol–water partition coefficient (Wildman–Crippen LogP) is 12.4. The lowest BCUT2D eigenvalue weighted by Gasteiger charge is -2.42. The van der Waals surface area contributed by atoms with Crippen molar-refractivity contribution >= 4 is 25.8 Å². The van der Waals surface area contributed by atoms with Crippen LogP contribution in [0.3, 0.4) is 0 Å². The van der Waals surface area contributed by atoms with E-state index in [2.05, 4.69) is 115 Å². The number of benzene rings is 3. The summed E-state index contributed by atoms with van der Waals surface area (Å²) >= 11 is 0. The lowest BCUT2D eigenvalue weighted by Crippen LogP contribution is -2.33. The molecule has 0 aromatic heterocycles. The molecule has 374 valence electrons. The number of phenols is 3. The van der Waals surface area contributed by atoms with Gasteiger partial charge in [0.25, 0.3) is 0 Å². The van der Waals surface area contributed by atoms with Gasteiger partial charge in [-0.05, 0) is 124 Å². The van der Waals surface area contributed by atoms with Crippen LogP contribution >= 0.6 is 25.8 Å². The van der Waals surface area contributed by atoms with Crippen LogP contribution in [0.1, 0.15) is 216 Å². The van der Waals surface area contributed by atoms with E-state index in [1.54, 1.807) is 0 Å². The van der Waals surface area contributed by atoms with Crippen molar-refractivity contribution in [2.24, 2.45) is 0 Å². The van der Waals surface area contributed by atoms with Gasteiger partial charge in [0.15, 0.2) is 0 Å². The summed E-state index contributed by atoms with van der Waals surface area (Å²) in [7, 11) is -7.86. The minimum Gasteiger partial charge on any atom is -0.508 e. The fourth-order valence-corrected chi connectivity index (χ4v) is 8.92. The van der Waals surface area contributed by atoms with Crippen LogP contribution in [0.2, 0.25) is 0 Å². The number of aromatic hydroxyl groups is 3. The molecular formula is C50H87O12P3. The Balaban J connectivity index is 0.00000303. The molecular weight excluding hydrogens is 885 g/mol. The highest BCUT2D eigenvalue weighted by molar-refractivity contribution is 7.38. The molecule has 0 spiro atoms. The first-order chi connectivity index (χ1) is 29.7. The minimum absolute atomic E-state index is 0.169. The lowest BCUT2D eigenvalue weighted by atomic mass is 9.62. The molecule has 0 fully saturated rings. The van der Waals surface area contributed by atoms with Crippen molar-refractivity contribution in [2.75, 3.05) is 0 Å². The van der Waals surface area contributed by atoms with E-state index in [0.29, 0.717) is 17.2 Å². The van der Waals surface area contributed by atoms with Gasteiger partial charge in [-0.1, -0.05) is 165 Å². The third-order valence-electron chi connectivity index (χ3n) is 11.9. The Morgan fingerprint density at radius 3 is 1.00 bits per heavy atom. The molecule has 3 rings (SSSR count). The Kier molecular flexibility index (Phi) is 28.2. The maximum atomic E-state index is 11.4. The topological polar surface area (TPSA) is 243 Å². The highest BCUT2D eigenvalue weighted by Crippen LogP contribution is 2.51. The summed E-state index contributed by atoms with van der Waals surface area (Å²) in [5, 5.41) is 33.8. The first-order valence-corrected chi connectivity index (χ1v) is 26.5. The summed E-state index contributed by atoms with van der Waals surface area (Å²) in [4.78, 5) is 65.1. The molecule has 15 heteroatoms. The van der Waals surface area contributed by atoms with Crippen LogP contribution < -0.4 is 0 Å². The molecule has 0 radical (unpaired) electrons. The van der Waals surface area contributed by atoms with Crippen molar-refractivity contribution < 1.29 is 59.4 Å². The molecule has 0 saturated carbocycles. The third kappa shape index (κ3) is 22.8. The number of phenolic OH excluding ortho intramolecular Hbond substituents is 3. The number of aryl methyl sites for hydroxylation is 3. The van der Waals surface area contributed by atoms with Crippen molar-refractivity contribution in [3.8, 4) is 17.2 Å². The van der Waals surface area contributed by atoms with Crippen molar-refractivity contribution in [2.45, 2.75) is 208 Å². The second-order valence-electron chi connectivity index (χ2n) is 20.6. The summed E-state index contributed by atoms with van der Waals surface area (Å²) in [6, 6.07) is 12.9. The zero-order valence-corrected chi connectivity index (χ0v) is 44.6. The fraction of sp³-hybridized carbons (Fsp3) is 0.640. The standard InChI is InChI=1S/C50H78O3.3H3O3P/c1-15-16-17-18-19-20-21-22-23-24-25-26-50(39-31-42(48(9,10)11)45(52)28-35(39)3,40-32-43(49(12,13)14)46(53)29-36(40)4)33-37(5)38-30-41(47(6,7)8)44(51)27-34(38)2;3*1-4(2)3/h27-32,37,51-53H,15-26,33H2,1-14H3;3*1-3H. The van der Waals surface area contributed by atoms with Crippen LogP contribution in [0.25, 0.3) is 0 Å². The molecule has 0 heterocycles.